The van der Waals surface area contributed by atoms with E-state index in [1.54, 1.807) is 54.5 Å². The van der Waals surface area contributed by atoms with Gasteiger partial charge in [0.1, 0.15) is 5.82 Å². The van der Waals surface area contributed by atoms with Crippen molar-refractivity contribution in [2.45, 2.75) is 19.6 Å². The second kappa shape index (κ2) is 7.16. The molecule has 0 atom stereocenters. The Balaban J connectivity index is 1.76. The normalized spacial score (nSPS) is 13.2. The topological polar surface area (TPSA) is 46.0 Å². The average molecular weight is 421 g/mol. The summed E-state index contributed by atoms with van der Waals surface area (Å²) < 4.78 is 44.2. The molecule has 0 bridgehead atoms. The summed E-state index contributed by atoms with van der Waals surface area (Å²) in [4.78, 5) is 6.02. The first-order valence-corrected chi connectivity index (χ1v) is 9.72. The highest BCUT2D eigenvalue weighted by Gasteiger charge is 2.37. The first kappa shape index (κ1) is 19.2. The number of hydrogen-bond donors (Lipinski definition) is 1. The third-order valence-electron chi connectivity index (χ3n) is 5.21. The van der Waals surface area contributed by atoms with Gasteiger partial charge in [0.05, 0.1) is 34.0 Å². The molecule has 0 aliphatic carbocycles. The zero-order valence-electron chi connectivity index (χ0n) is 16.6. The summed E-state index contributed by atoms with van der Waals surface area (Å²) in [6, 6.07) is 16.9. The van der Waals surface area contributed by atoms with Gasteiger partial charge in [-0.05, 0) is 49.4 Å². The van der Waals surface area contributed by atoms with Crippen LogP contribution in [-0.2, 0) is 12.7 Å². The smallest absolute Gasteiger partial charge is 0.379 e. The molecule has 5 rings (SSSR count). The Morgan fingerprint density at radius 2 is 1.81 bits per heavy atom. The largest absolute Gasteiger partial charge is 0.418 e. The van der Waals surface area contributed by atoms with E-state index in [4.69, 9.17) is 0 Å². The van der Waals surface area contributed by atoms with E-state index in [1.807, 2.05) is 18.2 Å². The first-order chi connectivity index (χ1) is 14.9. The maximum Gasteiger partial charge on any atom is 0.418 e. The lowest BCUT2D eigenvalue weighted by molar-refractivity contribution is -0.137. The van der Waals surface area contributed by atoms with E-state index in [9.17, 15) is 13.2 Å². The molecule has 5 nitrogen and oxygen atoms in total. The number of anilines is 4. The van der Waals surface area contributed by atoms with Crippen molar-refractivity contribution in [1.82, 2.24) is 14.8 Å². The second-order valence-electron chi connectivity index (χ2n) is 7.29. The van der Waals surface area contributed by atoms with Crippen LogP contribution in [0.5, 0.6) is 0 Å². The molecule has 0 unspecified atom stereocenters. The second-order valence-corrected chi connectivity index (χ2v) is 7.29. The van der Waals surface area contributed by atoms with Gasteiger partial charge in [0.15, 0.2) is 0 Å². The highest BCUT2D eigenvalue weighted by Crippen LogP contribution is 2.47. The molecule has 0 saturated carbocycles. The highest BCUT2D eigenvalue weighted by molar-refractivity contribution is 5.87. The van der Waals surface area contributed by atoms with Crippen molar-refractivity contribution in [3.05, 3.63) is 89.9 Å². The molecule has 156 valence electrons. The van der Waals surface area contributed by atoms with Crippen molar-refractivity contribution < 1.29 is 13.2 Å². The molecule has 3 heterocycles. The molecule has 1 N–H and O–H groups in total. The monoisotopic (exact) mass is 421 g/mol. The number of benzene rings is 2. The van der Waals surface area contributed by atoms with Gasteiger partial charge in [-0.15, -0.1) is 0 Å². The van der Waals surface area contributed by atoms with Gasteiger partial charge in [0.2, 0.25) is 0 Å². The van der Waals surface area contributed by atoms with Crippen LogP contribution in [0.2, 0.25) is 0 Å². The molecule has 2 aromatic carbocycles. The van der Waals surface area contributed by atoms with Crippen LogP contribution in [0.4, 0.5) is 36.1 Å². The van der Waals surface area contributed by atoms with E-state index >= 15 is 0 Å². The Bertz CT molecular complexity index is 1210. The van der Waals surface area contributed by atoms with Crippen molar-refractivity contribution >= 4 is 22.9 Å². The van der Waals surface area contributed by atoms with Crippen molar-refractivity contribution in [2.24, 2.45) is 0 Å². The molecule has 0 fully saturated rings. The molecule has 4 aromatic rings. The number of rotatable bonds is 2. The van der Waals surface area contributed by atoms with Crippen LogP contribution in [0, 0.1) is 6.92 Å². The molecule has 2 aromatic heterocycles. The fourth-order valence-electron chi connectivity index (χ4n) is 3.78. The van der Waals surface area contributed by atoms with E-state index in [2.05, 4.69) is 15.4 Å². The lowest BCUT2D eigenvalue weighted by atomic mass is 10.1. The van der Waals surface area contributed by atoms with E-state index < -0.39 is 11.7 Å². The number of fused-ring (bicyclic) bond motifs is 2. The predicted molar refractivity (Wildman–Crippen MR) is 113 cm³/mol. The summed E-state index contributed by atoms with van der Waals surface area (Å²) in [5, 5.41) is 7.55. The number of halogens is 3. The summed E-state index contributed by atoms with van der Waals surface area (Å²) in [5.74, 6) is 0.466. The molecular formula is C23H18F3N5. The first-order valence-electron chi connectivity index (χ1n) is 9.72. The Hall–Kier alpha value is -3.81. The van der Waals surface area contributed by atoms with Gasteiger partial charge < -0.3 is 5.32 Å². The summed E-state index contributed by atoms with van der Waals surface area (Å²) in [5.41, 5.74) is 2.46. The number of aromatic nitrogens is 3. The number of aryl methyl sites for hydroxylation is 1. The van der Waals surface area contributed by atoms with Crippen molar-refractivity contribution in [1.29, 1.82) is 0 Å². The van der Waals surface area contributed by atoms with Gasteiger partial charge in [-0.1, -0.05) is 18.2 Å². The highest BCUT2D eigenvalue weighted by atomic mass is 19.4. The van der Waals surface area contributed by atoms with Gasteiger partial charge in [0.25, 0.3) is 0 Å². The van der Waals surface area contributed by atoms with E-state index in [0.717, 1.165) is 23.0 Å². The quantitative estimate of drug-likeness (QED) is 0.432. The Morgan fingerprint density at radius 3 is 2.58 bits per heavy atom. The average Bonchev–Trinajstić information content (AvgIpc) is 3.12. The van der Waals surface area contributed by atoms with Crippen LogP contribution < -0.4 is 10.2 Å². The number of nitrogens with zero attached hydrogens (tertiary/aromatic N) is 4. The molecule has 8 heteroatoms. The summed E-state index contributed by atoms with van der Waals surface area (Å²) >= 11 is 0. The third kappa shape index (κ3) is 3.39. The lowest BCUT2D eigenvalue weighted by Crippen LogP contribution is -2.18. The third-order valence-corrected chi connectivity index (χ3v) is 5.21. The van der Waals surface area contributed by atoms with Crippen LogP contribution in [0.25, 0.3) is 5.69 Å². The van der Waals surface area contributed by atoms with Crippen LogP contribution >= 0.6 is 0 Å². The number of para-hydroxylation sites is 2. The van der Waals surface area contributed by atoms with Crippen molar-refractivity contribution in [3.8, 4) is 5.69 Å². The number of nitrogens with one attached hydrogen (secondary N) is 1. The van der Waals surface area contributed by atoms with Gasteiger partial charge in [-0.25, -0.2) is 9.67 Å². The minimum Gasteiger partial charge on any atom is -0.379 e. The van der Waals surface area contributed by atoms with Crippen LogP contribution in [0.3, 0.4) is 0 Å². The molecule has 0 spiro atoms. The van der Waals surface area contributed by atoms with Gasteiger partial charge in [0, 0.05) is 24.5 Å². The Kier molecular flexibility index (Phi) is 4.43. The molecule has 0 amide bonds. The molecule has 1 aliphatic rings. The zero-order chi connectivity index (χ0) is 21.6. The van der Waals surface area contributed by atoms with Crippen LogP contribution in [0.1, 0.15) is 16.8 Å². The van der Waals surface area contributed by atoms with E-state index in [-0.39, 0.29) is 5.69 Å². The molecular weight excluding hydrogens is 403 g/mol. The number of hydrogen-bond acceptors (Lipinski definition) is 4. The van der Waals surface area contributed by atoms with Gasteiger partial charge in [-0.3, -0.25) is 4.90 Å². The molecule has 0 saturated heterocycles. The zero-order valence-corrected chi connectivity index (χ0v) is 16.6. The fourth-order valence-corrected chi connectivity index (χ4v) is 3.78. The van der Waals surface area contributed by atoms with E-state index in [1.165, 1.54) is 10.7 Å². The Labute approximate surface area is 176 Å². The van der Waals surface area contributed by atoms with Gasteiger partial charge >= 0.3 is 6.18 Å². The van der Waals surface area contributed by atoms with Crippen LogP contribution in [0.15, 0.2) is 73.1 Å². The Morgan fingerprint density at radius 1 is 0.968 bits per heavy atom. The van der Waals surface area contributed by atoms with Crippen molar-refractivity contribution in [3.63, 3.8) is 0 Å². The standard InChI is InChI=1S/C23H18F3N5/c1-15-10-12-30(29-15)17-8-9-20(18(13-17)23(24,25)26)31-21-7-3-2-6-19(21)28-14-16-5-4-11-27-22(16)31/h2-13,28H,14H2,1H3. The molecule has 1 aliphatic heterocycles. The minimum atomic E-state index is -4.57. The minimum absolute atomic E-state index is 0.0104. The summed E-state index contributed by atoms with van der Waals surface area (Å²) in [7, 11) is 0. The van der Waals surface area contributed by atoms with Gasteiger partial charge in [-0.2, -0.15) is 18.3 Å². The summed E-state index contributed by atoms with van der Waals surface area (Å²) in [6.07, 6.45) is -1.34. The SMILES string of the molecule is Cc1ccn(-c2ccc(N3c4ccccc4NCc4cccnc43)c(C(F)(F)F)c2)n1. The number of alkyl halides is 3. The van der Waals surface area contributed by atoms with Crippen LogP contribution in [-0.4, -0.2) is 14.8 Å². The number of pyridine rings is 1. The predicted octanol–water partition coefficient (Wildman–Crippen LogP) is 5.99. The summed E-state index contributed by atoms with van der Waals surface area (Å²) in [6.45, 7) is 2.25. The maximum absolute atomic E-state index is 14.3. The molecule has 0 radical (unpaired) electrons. The lowest BCUT2D eigenvalue weighted by Gasteiger charge is -2.28. The fraction of sp³-hybridized carbons (Fsp3) is 0.130. The van der Waals surface area contributed by atoms with E-state index in [0.29, 0.717) is 23.7 Å². The van der Waals surface area contributed by atoms with Crippen molar-refractivity contribution in [2.75, 3.05) is 10.2 Å². The maximum atomic E-state index is 14.3. The molecule has 31 heavy (non-hydrogen) atoms.